The van der Waals surface area contributed by atoms with Gasteiger partial charge in [-0.1, -0.05) is 35.9 Å². The molecule has 2 rings (SSSR count). The quantitative estimate of drug-likeness (QED) is 0.500. The number of rotatable bonds is 11. The molecular weight excluding hydrogens is 478 g/mol. The predicted octanol–water partition coefficient (Wildman–Crippen LogP) is 3.45. The van der Waals surface area contributed by atoms with Gasteiger partial charge in [0.25, 0.3) is 0 Å². The Morgan fingerprint density at radius 1 is 1.09 bits per heavy atom. The van der Waals surface area contributed by atoms with Crippen LogP contribution in [0.1, 0.15) is 33.3 Å². The van der Waals surface area contributed by atoms with Crippen molar-refractivity contribution < 1.29 is 22.7 Å². The van der Waals surface area contributed by atoms with Gasteiger partial charge in [-0.05, 0) is 57.5 Å². The Morgan fingerprint density at radius 2 is 1.76 bits per heavy atom. The Kier molecular flexibility index (Phi) is 9.76. The van der Waals surface area contributed by atoms with Gasteiger partial charge in [0.05, 0.1) is 18.6 Å². The maximum atomic E-state index is 13.5. The fourth-order valence-electron chi connectivity index (χ4n) is 3.36. The van der Waals surface area contributed by atoms with Gasteiger partial charge >= 0.3 is 0 Å². The van der Waals surface area contributed by atoms with Crippen molar-refractivity contribution in [2.45, 2.75) is 46.3 Å². The zero-order chi connectivity index (χ0) is 25.5. The molecule has 0 aromatic heterocycles. The lowest BCUT2D eigenvalue weighted by atomic mass is 10.1. The number of ether oxygens (including phenoxy) is 1. The number of nitrogens with one attached hydrogen (secondary N) is 1. The first kappa shape index (κ1) is 27.5. The normalized spacial score (nSPS) is 12.2. The summed E-state index contributed by atoms with van der Waals surface area (Å²) in [4.78, 5) is 27.6. The Hall–Kier alpha value is -2.78. The van der Waals surface area contributed by atoms with Crippen molar-refractivity contribution in [1.82, 2.24) is 10.2 Å². The van der Waals surface area contributed by atoms with Crippen LogP contribution in [0.4, 0.5) is 5.69 Å². The summed E-state index contributed by atoms with van der Waals surface area (Å²) in [5, 5.41) is 3.30. The standard InChI is InChI=1S/C24H32ClN3O5S/c1-6-33-22-13-8-7-12-21(22)28(34(5,31)32)16-23(29)27(18(4)24(30)26-17(2)3)15-19-10-9-11-20(25)14-19/h7-14,17-18H,6,15-16H2,1-5H3,(H,26,30)/t18-/m0/s1. The Labute approximate surface area is 206 Å². The molecule has 186 valence electrons. The fourth-order valence-corrected chi connectivity index (χ4v) is 4.42. The van der Waals surface area contributed by atoms with E-state index in [-0.39, 0.29) is 24.2 Å². The van der Waals surface area contributed by atoms with E-state index in [9.17, 15) is 18.0 Å². The molecule has 0 aliphatic heterocycles. The Balaban J connectivity index is 2.44. The predicted molar refractivity (Wildman–Crippen MR) is 135 cm³/mol. The van der Waals surface area contributed by atoms with Crippen LogP contribution >= 0.6 is 11.6 Å². The van der Waals surface area contributed by atoms with E-state index in [0.29, 0.717) is 22.9 Å². The molecule has 0 spiro atoms. The molecule has 0 saturated carbocycles. The van der Waals surface area contributed by atoms with Crippen molar-refractivity contribution in [3.05, 3.63) is 59.1 Å². The highest BCUT2D eigenvalue weighted by Crippen LogP contribution is 2.30. The van der Waals surface area contributed by atoms with Gasteiger partial charge < -0.3 is 15.0 Å². The first-order valence-corrected chi connectivity index (χ1v) is 13.2. The van der Waals surface area contributed by atoms with E-state index in [0.717, 1.165) is 10.6 Å². The van der Waals surface area contributed by atoms with Crippen LogP contribution in [-0.4, -0.2) is 56.6 Å². The van der Waals surface area contributed by atoms with Crippen molar-refractivity contribution in [1.29, 1.82) is 0 Å². The minimum atomic E-state index is -3.85. The molecule has 0 aliphatic carbocycles. The first-order valence-electron chi connectivity index (χ1n) is 11.0. The molecule has 34 heavy (non-hydrogen) atoms. The number of nitrogens with zero attached hydrogens (tertiary/aromatic N) is 2. The minimum absolute atomic E-state index is 0.0801. The van der Waals surface area contributed by atoms with Gasteiger partial charge in [0, 0.05) is 17.6 Å². The van der Waals surface area contributed by atoms with Crippen LogP contribution in [0.5, 0.6) is 5.75 Å². The summed E-state index contributed by atoms with van der Waals surface area (Å²) in [6, 6.07) is 12.6. The van der Waals surface area contributed by atoms with E-state index in [1.807, 2.05) is 13.8 Å². The number of amides is 2. The summed E-state index contributed by atoms with van der Waals surface area (Å²) in [6.45, 7) is 6.95. The van der Waals surface area contributed by atoms with Crippen LogP contribution in [-0.2, 0) is 26.2 Å². The molecule has 1 N–H and O–H groups in total. The third-order valence-corrected chi connectivity index (χ3v) is 6.31. The molecule has 0 bridgehead atoms. The highest BCUT2D eigenvalue weighted by Gasteiger charge is 2.31. The smallest absolute Gasteiger partial charge is 0.244 e. The summed E-state index contributed by atoms with van der Waals surface area (Å²) in [6.07, 6.45) is 1.03. The highest BCUT2D eigenvalue weighted by molar-refractivity contribution is 7.92. The maximum Gasteiger partial charge on any atom is 0.244 e. The van der Waals surface area contributed by atoms with Crippen molar-refractivity contribution in [2.75, 3.05) is 23.7 Å². The summed E-state index contributed by atoms with van der Waals surface area (Å²) in [5.74, 6) is -0.538. The topological polar surface area (TPSA) is 96.0 Å². The average Bonchev–Trinajstić information content (AvgIpc) is 2.75. The second-order valence-corrected chi connectivity index (χ2v) is 10.5. The number of halogens is 1. The lowest BCUT2D eigenvalue weighted by Crippen LogP contribution is -2.52. The van der Waals surface area contributed by atoms with Crippen molar-refractivity contribution >= 4 is 39.1 Å². The second kappa shape index (κ2) is 12.1. The molecule has 8 nitrogen and oxygen atoms in total. The van der Waals surface area contributed by atoms with Crippen LogP contribution < -0.4 is 14.4 Å². The lowest BCUT2D eigenvalue weighted by molar-refractivity contribution is -0.139. The molecule has 0 unspecified atom stereocenters. The zero-order valence-corrected chi connectivity index (χ0v) is 21.7. The zero-order valence-electron chi connectivity index (χ0n) is 20.1. The number of carbonyl (C=O) groups excluding carboxylic acids is 2. The second-order valence-electron chi connectivity index (χ2n) is 8.16. The molecule has 2 aromatic rings. The van der Waals surface area contributed by atoms with E-state index >= 15 is 0 Å². The number of anilines is 1. The van der Waals surface area contributed by atoms with Crippen molar-refractivity contribution in [2.24, 2.45) is 0 Å². The van der Waals surface area contributed by atoms with E-state index in [1.165, 1.54) is 4.90 Å². The third-order valence-electron chi connectivity index (χ3n) is 4.95. The summed E-state index contributed by atoms with van der Waals surface area (Å²) >= 11 is 6.11. The van der Waals surface area contributed by atoms with Gasteiger partial charge in [-0.25, -0.2) is 8.42 Å². The average molecular weight is 510 g/mol. The van der Waals surface area contributed by atoms with Crippen LogP contribution in [0.3, 0.4) is 0 Å². The van der Waals surface area contributed by atoms with Gasteiger partial charge in [-0.2, -0.15) is 0 Å². The number of carbonyl (C=O) groups is 2. The molecule has 0 saturated heterocycles. The van der Waals surface area contributed by atoms with Crippen LogP contribution in [0, 0.1) is 0 Å². The molecule has 2 aromatic carbocycles. The van der Waals surface area contributed by atoms with Crippen LogP contribution in [0.2, 0.25) is 5.02 Å². The third kappa shape index (κ3) is 7.63. The number of hydrogen-bond acceptors (Lipinski definition) is 5. The number of sulfonamides is 1. The highest BCUT2D eigenvalue weighted by atomic mass is 35.5. The summed E-state index contributed by atoms with van der Waals surface area (Å²) < 4.78 is 32.0. The minimum Gasteiger partial charge on any atom is -0.492 e. The Morgan fingerprint density at radius 3 is 2.35 bits per heavy atom. The van der Waals surface area contributed by atoms with Crippen molar-refractivity contribution in [3.63, 3.8) is 0 Å². The molecule has 1 atom stereocenters. The molecule has 2 amide bonds. The van der Waals surface area contributed by atoms with Gasteiger partial charge in [-0.3, -0.25) is 13.9 Å². The molecule has 0 heterocycles. The molecule has 0 fully saturated rings. The summed E-state index contributed by atoms with van der Waals surface area (Å²) in [7, 11) is -3.85. The monoisotopic (exact) mass is 509 g/mol. The number of hydrogen-bond donors (Lipinski definition) is 1. The van der Waals surface area contributed by atoms with E-state index in [4.69, 9.17) is 16.3 Å². The van der Waals surface area contributed by atoms with Crippen LogP contribution in [0.25, 0.3) is 0 Å². The van der Waals surface area contributed by atoms with Crippen LogP contribution in [0.15, 0.2) is 48.5 Å². The largest absolute Gasteiger partial charge is 0.492 e. The number of benzene rings is 2. The molecule has 0 aliphatic rings. The van der Waals surface area contributed by atoms with E-state index < -0.39 is 28.5 Å². The Bertz CT molecular complexity index is 1110. The SMILES string of the molecule is CCOc1ccccc1N(CC(=O)N(Cc1cccc(Cl)c1)[C@@H](C)C(=O)NC(C)C)S(C)(=O)=O. The number of para-hydroxylation sites is 2. The van der Waals surface area contributed by atoms with E-state index in [2.05, 4.69) is 5.32 Å². The van der Waals surface area contributed by atoms with Gasteiger partial charge in [0.1, 0.15) is 18.3 Å². The van der Waals surface area contributed by atoms with Gasteiger partial charge in [-0.15, -0.1) is 0 Å². The fraction of sp³-hybridized carbons (Fsp3) is 0.417. The maximum absolute atomic E-state index is 13.5. The van der Waals surface area contributed by atoms with E-state index in [1.54, 1.807) is 62.4 Å². The molecule has 10 heteroatoms. The molecule has 0 radical (unpaired) electrons. The lowest BCUT2D eigenvalue weighted by Gasteiger charge is -2.32. The first-order chi connectivity index (χ1) is 15.9. The van der Waals surface area contributed by atoms with Crippen molar-refractivity contribution in [3.8, 4) is 5.75 Å². The van der Waals surface area contributed by atoms with Gasteiger partial charge in [0.15, 0.2) is 0 Å². The van der Waals surface area contributed by atoms with Gasteiger partial charge in [0.2, 0.25) is 21.8 Å². The molecular formula is C24H32ClN3O5S. The summed E-state index contributed by atoms with van der Waals surface area (Å²) in [5.41, 5.74) is 0.966.